The summed E-state index contributed by atoms with van der Waals surface area (Å²) in [7, 11) is 0. The van der Waals surface area contributed by atoms with Gasteiger partial charge in [-0.25, -0.2) is 0 Å². The van der Waals surface area contributed by atoms with Gasteiger partial charge < -0.3 is 17.7 Å². The Hall–Kier alpha value is -13.3. The van der Waals surface area contributed by atoms with Crippen LogP contribution in [0.3, 0.4) is 0 Å². The maximum absolute atomic E-state index is 7.41. The summed E-state index contributed by atoms with van der Waals surface area (Å²) < 4.78 is 27.7. The van der Waals surface area contributed by atoms with Gasteiger partial charge in [-0.1, -0.05) is 270 Å². The lowest BCUT2D eigenvalue weighted by atomic mass is 9.79. The van der Waals surface area contributed by atoms with Crippen molar-refractivity contribution >= 4 is 153 Å². The highest BCUT2D eigenvalue weighted by Gasteiger charge is 2.41. The molecule has 4 heteroatoms. The van der Waals surface area contributed by atoms with Gasteiger partial charge in [0, 0.05) is 70.4 Å². The second-order valence-electron chi connectivity index (χ2n) is 30.7. The van der Waals surface area contributed by atoms with Crippen LogP contribution >= 0.6 is 0 Å². The number of para-hydroxylation sites is 4. The normalized spacial score (nSPS) is 14.0. The van der Waals surface area contributed by atoms with Crippen LogP contribution in [0.1, 0.15) is 68.0 Å². The van der Waals surface area contributed by atoms with Gasteiger partial charge in [0.1, 0.15) is 44.7 Å². The van der Waals surface area contributed by atoms with E-state index in [0.717, 1.165) is 121 Å². The number of fused-ring (bicyclic) bond motifs is 23. The Morgan fingerprint density at radius 1 is 0.262 bits per heavy atom. The molecule has 502 valence electrons. The van der Waals surface area contributed by atoms with Crippen LogP contribution in [0.15, 0.2) is 321 Å². The monoisotopic (exact) mass is 1370 g/mol. The molecule has 0 N–H and O–H groups in total. The Bertz CT molecular complexity index is 7540. The molecule has 23 rings (SSSR count). The van der Waals surface area contributed by atoms with E-state index in [0.29, 0.717) is 0 Å². The highest BCUT2D eigenvalue weighted by atomic mass is 16.3. The predicted molar refractivity (Wildman–Crippen MR) is 449 cm³/mol. The molecule has 17 aromatic carbocycles. The number of furan rings is 4. The number of hydrogen-bond acceptors (Lipinski definition) is 4. The first-order valence-electron chi connectivity index (χ1n) is 37.2. The second-order valence-corrected chi connectivity index (χ2v) is 30.7. The molecule has 0 saturated heterocycles. The Morgan fingerprint density at radius 2 is 0.682 bits per heavy atom. The summed E-state index contributed by atoms with van der Waals surface area (Å²) in [6.45, 7) is 16.7. The minimum Gasteiger partial charge on any atom is -0.456 e. The lowest BCUT2D eigenvalue weighted by Gasteiger charge is -2.24. The van der Waals surface area contributed by atoms with Gasteiger partial charge in [-0.3, -0.25) is 0 Å². The van der Waals surface area contributed by atoms with Crippen molar-refractivity contribution in [2.24, 2.45) is 0 Å². The average molecular weight is 1370 g/mol. The van der Waals surface area contributed by atoms with E-state index >= 15 is 0 Å². The van der Waals surface area contributed by atoms with Gasteiger partial charge in [-0.2, -0.15) is 0 Å². The van der Waals surface area contributed by atoms with E-state index in [9.17, 15) is 0 Å². The zero-order valence-electron chi connectivity index (χ0n) is 59.6. The molecule has 0 aliphatic heterocycles. The molecular weight excluding hydrogens is 1300 g/mol. The lowest BCUT2D eigenvalue weighted by molar-refractivity contribution is 0.639. The third kappa shape index (κ3) is 8.11. The summed E-state index contributed by atoms with van der Waals surface area (Å²) >= 11 is 0. The third-order valence-electron chi connectivity index (χ3n) is 24.8. The summed E-state index contributed by atoms with van der Waals surface area (Å²) in [4.78, 5) is 0. The summed E-state index contributed by atoms with van der Waals surface area (Å²) in [6, 6.07) is 107. The fourth-order valence-corrected chi connectivity index (χ4v) is 19.7. The van der Waals surface area contributed by atoms with E-state index in [4.69, 9.17) is 24.2 Å². The standard InChI is InChI=1S/C103H66O4/c1-7-61-79(55-89-98(77-35-19-22-38-86(77)105-89)99(61)90-56(2)102(3,4)82-53-59(41-46-74(82)90)92-66-28-10-8-26-64(66)91(65-27-9-11-29-67(65)92)58-44-51-88-80(52-58)63-25-17-20-36-84(63)104-88)73-48-49-78(96-76-34-18-23-39-87(76)107-101(73)96)95-70-32-14-12-30-68(70)93(69-31-13-15-33-71(69)95)60-42-47-75-83(54-60)103(5,6)81-50-43-57-40-45-72-62-24-16-21-37-85(62)106-100(72)94(57)97(75)81/h7-55H,1H2,2-6H3. The fraction of sp³-hybridized carbons (Fsp3) is 0.0680. The second kappa shape index (κ2) is 21.7. The first-order chi connectivity index (χ1) is 52.5. The Kier molecular flexibility index (Phi) is 12.2. The van der Waals surface area contributed by atoms with Crippen LogP contribution in [0, 0.1) is 0 Å². The van der Waals surface area contributed by atoms with Gasteiger partial charge in [0.15, 0.2) is 0 Å². The number of allylic oxidation sites excluding steroid dienone is 1. The van der Waals surface area contributed by atoms with E-state index in [-0.39, 0.29) is 10.8 Å². The molecule has 4 heterocycles. The van der Waals surface area contributed by atoms with Crippen molar-refractivity contribution in [3.63, 3.8) is 0 Å². The number of benzene rings is 17. The molecule has 0 radical (unpaired) electrons. The van der Waals surface area contributed by atoms with Crippen molar-refractivity contribution in [3.05, 3.63) is 337 Å². The van der Waals surface area contributed by atoms with Crippen LogP contribution in [-0.2, 0) is 10.8 Å². The molecule has 0 atom stereocenters. The van der Waals surface area contributed by atoms with Crippen molar-refractivity contribution in [1.82, 2.24) is 0 Å². The highest BCUT2D eigenvalue weighted by Crippen LogP contribution is 2.59. The molecule has 2 aliphatic rings. The molecule has 21 aromatic rings. The van der Waals surface area contributed by atoms with E-state index < -0.39 is 0 Å². The Labute approximate surface area is 615 Å². The predicted octanol–water partition coefficient (Wildman–Crippen LogP) is 29.4. The molecule has 0 fully saturated rings. The first kappa shape index (κ1) is 60.2. The van der Waals surface area contributed by atoms with Gasteiger partial charge in [-0.05, 0) is 217 Å². The first-order valence-corrected chi connectivity index (χ1v) is 37.2. The van der Waals surface area contributed by atoms with Crippen LogP contribution in [0.25, 0.3) is 220 Å². The van der Waals surface area contributed by atoms with E-state index in [1.165, 1.54) is 132 Å². The molecule has 4 nitrogen and oxygen atoms in total. The lowest BCUT2D eigenvalue weighted by Crippen LogP contribution is -2.15. The summed E-state index contributed by atoms with van der Waals surface area (Å²) in [6.07, 6.45) is 2.08. The van der Waals surface area contributed by atoms with Crippen LogP contribution in [0.4, 0.5) is 0 Å². The average Bonchev–Trinajstić information content (AvgIpc) is 1.69. The molecule has 0 spiro atoms. The minimum atomic E-state index is -0.382. The molecule has 0 amide bonds. The fourth-order valence-electron chi connectivity index (χ4n) is 19.7. The van der Waals surface area contributed by atoms with Crippen molar-refractivity contribution in [2.75, 3.05) is 0 Å². The topological polar surface area (TPSA) is 52.6 Å². The van der Waals surface area contributed by atoms with Gasteiger partial charge in [-0.15, -0.1) is 0 Å². The van der Waals surface area contributed by atoms with Crippen molar-refractivity contribution in [3.8, 4) is 66.8 Å². The minimum absolute atomic E-state index is 0.291. The largest absolute Gasteiger partial charge is 0.456 e. The van der Waals surface area contributed by atoms with Gasteiger partial charge in [0.05, 0.1) is 0 Å². The van der Waals surface area contributed by atoms with E-state index in [1.54, 1.807) is 0 Å². The van der Waals surface area contributed by atoms with Gasteiger partial charge in [0.2, 0.25) is 0 Å². The van der Waals surface area contributed by atoms with Gasteiger partial charge >= 0.3 is 0 Å². The molecule has 0 unspecified atom stereocenters. The van der Waals surface area contributed by atoms with Crippen LogP contribution in [0.5, 0.6) is 0 Å². The molecule has 2 aliphatic carbocycles. The molecule has 4 aromatic heterocycles. The highest BCUT2D eigenvalue weighted by molar-refractivity contribution is 6.29. The van der Waals surface area contributed by atoms with Crippen molar-refractivity contribution in [1.29, 1.82) is 0 Å². The van der Waals surface area contributed by atoms with Crippen LogP contribution in [-0.4, -0.2) is 0 Å². The number of hydrogen-bond donors (Lipinski definition) is 0. The molecular formula is C103H66O4. The summed E-state index contributed by atoms with van der Waals surface area (Å²) in [5.74, 6) is 0. The van der Waals surface area contributed by atoms with Crippen LogP contribution in [0.2, 0.25) is 0 Å². The summed E-state index contributed by atoms with van der Waals surface area (Å²) in [5.41, 5.74) is 29.9. The zero-order valence-corrected chi connectivity index (χ0v) is 59.6. The molecule has 107 heavy (non-hydrogen) atoms. The zero-order chi connectivity index (χ0) is 71.0. The van der Waals surface area contributed by atoms with Crippen LogP contribution < -0.4 is 0 Å². The maximum atomic E-state index is 7.41. The van der Waals surface area contributed by atoms with E-state index in [2.05, 4.69) is 326 Å². The van der Waals surface area contributed by atoms with Crippen molar-refractivity contribution in [2.45, 2.75) is 45.4 Å². The summed E-state index contributed by atoms with van der Waals surface area (Å²) in [5, 5.41) is 20.7. The Balaban J connectivity index is 0.704. The maximum Gasteiger partial charge on any atom is 0.143 e. The Morgan fingerprint density at radius 3 is 1.27 bits per heavy atom. The van der Waals surface area contributed by atoms with E-state index in [1.807, 2.05) is 6.07 Å². The third-order valence-corrected chi connectivity index (χ3v) is 24.8. The smallest absolute Gasteiger partial charge is 0.143 e. The quantitative estimate of drug-likeness (QED) is 0.149. The molecule has 0 bridgehead atoms. The molecule has 0 saturated carbocycles. The SMILES string of the molecule is C=Cc1c(-c2ccc(-c3c4ccccc4c(-c4ccc5c(c4)C(C)(C)c4ccc6ccc7c8ccccc8oc7c6c4-5)c4ccccc34)c3c2oc2ccccc23)cc2oc3ccccc3c2c1C1=C(C)C(C)(C)c2cc(-c3c4ccccc4c(-c4ccc5oc6ccccc6c5c4)c4ccccc34)ccc21. The van der Waals surface area contributed by atoms with Gasteiger partial charge in [0.25, 0.3) is 0 Å². The van der Waals surface area contributed by atoms with Crippen molar-refractivity contribution < 1.29 is 17.7 Å². The number of rotatable bonds is 7.